The lowest BCUT2D eigenvalue weighted by Crippen LogP contribution is -2.31. The summed E-state index contributed by atoms with van der Waals surface area (Å²) in [4.78, 5) is 35.3. The molecule has 22 heavy (non-hydrogen) atoms. The molecule has 0 heterocycles. The molecule has 0 aliphatic rings. The number of carbonyl (C=O) groups is 3. The molecule has 120 valence electrons. The van der Waals surface area contributed by atoms with Crippen LogP contribution < -0.4 is 22.1 Å². The van der Waals surface area contributed by atoms with Crippen LogP contribution in [0.4, 0.5) is 0 Å². The predicted octanol–water partition coefficient (Wildman–Crippen LogP) is -0.805. The van der Waals surface area contributed by atoms with Gasteiger partial charge in [0.15, 0.2) is 0 Å². The number of nitrogens with two attached hydrogens (primary N) is 2. The Morgan fingerprint density at radius 1 is 0.909 bits per heavy atom. The fourth-order valence-corrected chi connectivity index (χ4v) is 1.92. The van der Waals surface area contributed by atoms with Crippen LogP contribution in [-0.2, 0) is 11.2 Å². The molecule has 0 aromatic heterocycles. The predicted molar refractivity (Wildman–Crippen MR) is 83.6 cm³/mol. The third-order valence-electron chi connectivity index (χ3n) is 2.83. The van der Waals surface area contributed by atoms with Crippen LogP contribution in [0.5, 0.6) is 0 Å². The number of hydrogen-bond acceptors (Lipinski definition) is 5. The number of hydrogen-bond donors (Lipinski definition) is 4. The van der Waals surface area contributed by atoms with Crippen LogP contribution in [-0.4, -0.2) is 43.8 Å². The van der Waals surface area contributed by atoms with E-state index in [1.54, 1.807) is 12.1 Å². The van der Waals surface area contributed by atoms with Crippen molar-refractivity contribution in [2.24, 2.45) is 11.5 Å². The van der Waals surface area contributed by atoms with Crippen molar-refractivity contribution in [3.63, 3.8) is 0 Å². The molecule has 7 heteroatoms. The van der Waals surface area contributed by atoms with Gasteiger partial charge in [-0.05, 0) is 30.7 Å². The molecule has 0 unspecified atom stereocenters. The van der Waals surface area contributed by atoms with Gasteiger partial charge in [-0.25, -0.2) is 0 Å². The average molecular weight is 306 g/mol. The zero-order valence-electron chi connectivity index (χ0n) is 12.6. The van der Waals surface area contributed by atoms with Crippen LogP contribution in [0, 0.1) is 0 Å². The van der Waals surface area contributed by atoms with Crippen molar-refractivity contribution in [1.29, 1.82) is 0 Å². The smallest absolute Gasteiger partial charge is 0.251 e. The second-order valence-corrected chi connectivity index (χ2v) is 4.89. The van der Waals surface area contributed by atoms with Crippen molar-refractivity contribution < 1.29 is 14.4 Å². The van der Waals surface area contributed by atoms with Gasteiger partial charge in [0, 0.05) is 43.7 Å². The first-order valence-corrected chi connectivity index (χ1v) is 7.08. The van der Waals surface area contributed by atoms with Gasteiger partial charge in [-0.2, -0.15) is 0 Å². The molecular weight excluding hydrogens is 284 g/mol. The Morgan fingerprint density at radius 2 is 1.36 bits per heavy atom. The van der Waals surface area contributed by atoms with Crippen LogP contribution in [0.1, 0.15) is 33.2 Å². The normalized spacial score (nSPS) is 10.1. The minimum Gasteiger partial charge on any atom is -0.351 e. The quantitative estimate of drug-likeness (QED) is 0.500. The summed E-state index contributed by atoms with van der Waals surface area (Å²) in [6, 6.07) is 4.70. The van der Waals surface area contributed by atoms with Crippen molar-refractivity contribution in [2.75, 3.05) is 26.2 Å². The number of carbonyl (C=O) groups excluding carboxylic acids is 3. The van der Waals surface area contributed by atoms with E-state index in [4.69, 9.17) is 11.5 Å². The van der Waals surface area contributed by atoms with E-state index in [0.29, 0.717) is 42.9 Å². The highest BCUT2D eigenvalue weighted by molar-refractivity contribution is 6.00. The standard InChI is InChI=1S/C15H22N4O3/c1-10(20)6-11-7-12(14(21)18-4-2-16)9-13(8-11)15(22)19-5-3-17/h7-9H,2-6,16-17H2,1H3,(H,18,21)(H,19,22). The Labute approximate surface area is 129 Å². The van der Waals surface area contributed by atoms with Gasteiger partial charge in [0.2, 0.25) is 0 Å². The number of Topliss-reactive ketones (excluding diaryl/α,β-unsaturated/α-hetero) is 1. The Bertz CT molecular complexity index is 519. The Hall–Kier alpha value is -2.25. The monoisotopic (exact) mass is 306 g/mol. The summed E-state index contributed by atoms with van der Waals surface area (Å²) in [6.45, 7) is 2.77. The Balaban J connectivity index is 3.06. The van der Waals surface area contributed by atoms with Crippen molar-refractivity contribution in [2.45, 2.75) is 13.3 Å². The molecule has 0 aliphatic heterocycles. The minimum absolute atomic E-state index is 0.0483. The number of benzene rings is 1. The van der Waals surface area contributed by atoms with E-state index in [1.807, 2.05) is 0 Å². The van der Waals surface area contributed by atoms with Crippen molar-refractivity contribution in [3.8, 4) is 0 Å². The summed E-state index contributed by atoms with van der Waals surface area (Å²) < 4.78 is 0. The van der Waals surface area contributed by atoms with E-state index in [-0.39, 0.29) is 24.0 Å². The van der Waals surface area contributed by atoms with Gasteiger partial charge in [0.25, 0.3) is 11.8 Å². The SMILES string of the molecule is CC(=O)Cc1cc(C(=O)NCCN)cc(C(=O)NCCN)c1. The molecule has 0 saturated heterocycles. The van der Waals surface area contributed by atoms with Crippen LogP contribution in [0.25, 0.3) is 0 Å². The molecule has 7 nitrogen and oxygen atoms in total. The van der Waals surface area contributed by atoms with E-state index in [9.17, 15) is 14.4 Å². The van der Waals surface area contributed by atoms with Crippen LogP contribution in [0.3, 0.4) is 0 Å². The zero-order valence-corrected chi connectivity index (χ0v) is 12.6. The lowest BCUT2D eigenvalue weighted by molar-refractivity contribution is -0.116. The molecule has 1 aromatic rings. The lowest BCUT2D eigenvalue weighted by atomic mass is 10.0. The first-order chi connectivity index (χ1) is 10.5. The number of ketones is 1. The summed E-state index contributed by atoms with van der Waals surface area (Å²) in [6.07, 6.45) is 0.162. The third kappa shape index (κ3) is 5.63. The van der Waals surface area contributed by atoms with E-state index in [2.05, 4.69) is 10.6 Å². The van der Waals surface area contributed by atoms with Gasteiger partial charge in [0.1, 0.15) is 5.78 Å². The summed E-state index contributed by atoms with van der Waals surface area (Å²) >= 11 is 0. The topological polar surface area (TPSA) is 127 Å². The van der Waals surface area contributed by atoms with Crippen LogP contribution in [0.2, 0.25) is 0 Å². The maximum atomic E-state index is 12.0. The van der Waals surface area contributed by atoms with E-state index in [0.717, 1.165) is 0 Å². The molecule has 1 aromatic carbocycles. The van der Waals surface area contributed by atoms with Gasteiger partial charge < -0.3 is 22.1 Å². The Morgan fingerprint density at radius 3 is 1.73 bits per heavy atom. The van der Waals surface area contributed by atoms with Crippen molar-refractivity contribution in [1.82, 2.24) is 10.6 Å². The van der Waals surface area contributed by atoms with Gasteiger partial charge in [-0.15, -0.1) is 0 Å². The number of rotatable bonds is 8. The highest BCUT2D eigenvalue weighted by atomic mass is 16.2. The first-order valence-electron chi connectivity index (χ1n) is 7.08. The van der Waals surface area contributed by atoms with E-state index in [1.165, 1.54) is 13.0 Å². The summed E-state index contributed by atoms with van der Waals surface area (Å²) in [5, 5.41) is 5.28. The van der Waals surface area contributed by atoms with E-state index >= 15 is 0 Å². The fraction of sp³-hybridized carbons (Fsp3) is 0.400. The molecule has 0 atom stereocenters. The molecule has 0 bridgehead atoms. The van der Waals surface area contributed by atoms with E-state index < -0.39 is 0 Å². The van der Waals surface area contributed by atoms with Crippen molar-refractivity contribution >= 4 is 17.6 Å². The molecular formula is C15H22N4O3. The number of nitrogens with one attached hydrogen (secondary N) is 2. The Kier molecular flexibility index (Phi) is 7.21. The second kappa shape index (κ2) is 8.91. The molecule has 1 rings (SSSR count). The highest BCUT2D eigenvalue weighted by Gasteiger charge is 2.13. The van der Waals surface area contributed by atoms with Gasteiger partial charge in [-0.1, -0.05) is 0 Å². The molecule has 6 N–H and O–H groups in total. The molecule has 0 fully saturated rings. The maximum Gasteiger partial charge on any atom is 0.251 e. The number of amides is 2. The molecule has 0 radical (unpaired) electrons. The molecule has 0 spiro atoms. The molecule has 0 aliphatic carbocycles. The maximum absolute atomic E-state index is 12.0. The summed E-state index contributed by atoms with van der Waals surface area (Å²) in [5.41, 5.74) is 12.0. The van der Waals surface area contributed by atoms with Gasteiger partial charge in [-0.3, -0.25) is 14.4 Å². The fourth-order valence-electron chi connectivity index (χ4n) is 1.92. The second-order valence-electron chi connectivity index (χ2n) is 4.89. The third-order valence-corrected chi connectivity index (χ3v) is 2.83. The largest absolute Gasteiger partial charge is 0.351 e. The molecule has 2 amide bonds. The zero-order chi connectivity index (χ0) is 16.5. The van der Waals surface area contributed by atoms with Gasteiger partial charge in [0.05, 0.1) is 0 Å². The van der Waals surface area contributed by atoms with Crippen molar-refractivity contribution in [3.05, 3.63) is 34.9 Å². The highest BCUT2D eigenvalue weighted by Crippen LogP contribution is 2.12. The average Bonchev–Trinajstić information content (AvgIpc) is 2.49. The van der Waals surface area contributed by atoms with Crippen LogP contribution in [0.15, 0.2) is 18.2 Å². The van der Waals surface area contributed by atoms with Gasteiger partial charge >= 0.3 is 0 Å². The minimum atomic E-state index is -0.330. The van der Waals surface area contributed by atoms with Crippen LogP contribution >= 0.6 is 0 Å². The summed E-state index contributed by atoms with van der Waals surface area (Å²) in [7, 11) is 0. The molecule has 0 saturated carbocycles. The lowest BCUT2D eigenvalue weighted by Gasteiger charge is -2.10. The first kappa shape index (κ1) is 17.8. The summed E-state index contributed by atoms with van der Waals surface area (Å²) in [5.74, 6) is -0.708.